The van der Waals surface area contributed by atoms with Gasteiger partial charge in [0, 0.05) is 0 Å². The first-order chi connectivity index (χ1) is 4.38. The first-order valence-corrected chi connectivity index (χ1v) is 3.49. The Morgan fingerprint density at radius 1 is 1.10 bits per heavy atom. The van der Waals surface area contributed by atoms with Crippen molar-refractivity contribution in [3.63, 3.8) is 0 Å². The maximum atomic E-state index is 2.17. The average molecular weight is 248 g/mol. The molecule has 0 saturated carbocycles. The third kappa shape index (κ3) is 2.69. The van der Waals surface area contributed by atoms with Gasteiger partial charge in [0.05, 0.1) is 0 Å². The molecule has 1 heteroatoms. The minimum absolute atomic E-state index is 0. The van der Waals surface area contributed by atoms with Gasteiger partial charge < -0.3 is 0 Å². The first-order valence-electron chi connectivity index (χ1n) is 3.49. The predicted octanol–water partition coefficient (Wildman–Crippen LogP) is 3.70. The number of hydrogen-bond acceptors (Lipinski definition) is 0. The van der Waals surface area contributed by atoms with E-state index >= 15 is 0 Å². The van der Waals surface area contributed by atoms with Gasteiger partial charge in [-0.25, -0.2) is 0 Å². The lowest BCUT2D eigenvalue weighted by Crippen LogP contribution is -1.27. The molecule has 0 aromatic carbocycles. The van der Waals surface area contributed by atoms with Crippen LogP contribution >= 0.6 is 24.0 Å². The molecular weight excluding hydrogens is 235 g/mol. The van der Waals surface area contributed by atoms with Gasteiger partial charge in [-0.3, -0.25) is 0 Å². The summed E-state index contributed by atoms with van der Waals surface area (Å²) in [4.78, 5) is 0. The van der Waals surface area contributed by atoms with E-state index in [9.17, 15) is 0 Å². The Morgan fingerprint density at radius 2 is 1.50 bits per heavy atom. The molecule has 0 atom stereocenters. The van der Waals surface area contributed by atoms with Crippen LogP contribution in [-0.2, 0) is 0 Å². The number of benzene rings is 1. The van der Waals surface area contributed by atoms with Crippen LogP contribution in [0.2, 0.25) is 0 Å². The summed E-state index contributed by atoms with van der Waals surface area (Å²) in [5.41, 5.74) is 2.85. The summed E-state index contributed by atoms with van der Waals surface area (Å²) >= 11 is 0. The van der Waals surface area contributed by atoms with E-state index in [1.54, 1.807) is 0 Å². The Hall–Kier alpha value is -0.0500. The largest absolute Gasteiger partial charge is 0.107 e. The highest BCUT2D eigenvalue weighted by molar-refractivity contribution is 14.0. The Balaban J connectivity index is 0.000000183. The zero-order chi connectivity index (χ0) is 6.69. The predicted molar refractivity (Wildman–Crippen MR) is 56.8 cm³/mol. The van der Waals surface area contributed by atoms with E-state index in [0.29, 0.717) is 0 Å². The van der Waals surface area contributed by atoms with Crippen molar-refractivity contribution in [2.45, 2.75) is 20.3 Å². The second-order valence-corrected chi connectivity index (χ2v) is 2.29. The fraction of sp³-hybridized carbons (Fsp3) is 0.333. The van der Waals surface area contributed by atoms with Crippen LogP contribution in [0.5, 0.6) is 0 Å². The molecule has 0 aromatic heterocycles. The van der Waals surface area contributed by atoms with Crippen molar-refractivity contribution >= 4 is 24.0 Å². The van der Waals surface area contributed by atoms with Crippen LogP contribution in [0.25, 0.3) is 11.1 Å². The fourth-order valence-corrected chi connectivity index (χ4v) is 0.676. The number of rotatable bonds is 0. The summed E-state index contributed by atoms with van der Waals surface area (Å²) < 4.78 is 0. The zero-order valence-electron chi connectivity index (χ0n) is 6.42. The van der Waals surface area contributed by atoms with Gasteiger partial charge in [-0.1, -0.05) is 38.5 Å². The van der Waals surface area contributed by atoms with E-state index in [2.05, 4.69) is 38.1 Å². The molecule has 0 aromatic rings. The van der Waals surface area contributed by atoms with Crippen molar-refractivity contribution in [1.29, 1.82) is 0 Å². The summed E-state index contributed by atoms with van der Waals surface area (Å²) in [6.45, 7) is 4.25. The quantitative estimate of drug-likeness (QED) is 0.623. The van der Waals surface area contributed by atoms with Gasteiger partial charge in [0.2, 0.25) is 0 Å². The van der Waals surface area contributed by atoms with Gasteiger partial charge in [0.25, 0.3) is 0 Å². The lowest BCUT2D eigenvalue weighted by Gasteiger charge is -1.48. The van der Waals surface area contributed by atoms with Gasteiger partial charge in [-0.2, -0.15) is 0 Å². The van der Waals surface area contributed by atoms with E-state index in [1.165, 1.54) is 17.5 Å². The summed E-state index contributed by atoms with van der Waals surface area (Å²) in [5, 5.41) is 0. The Labute approximate surface area is 79.7 Å². The summed E-state index contributed by atoms with van der Waals surface area (Å²) in [6, 6.07) is 8.48. The maximum Gasteiger partial charge on any atom is -0.0178 e. The van der Waals surface area contributed by atoms with Crippen LogP contribution in [0.15, 0.2) is 24.3 Å². The second-order valence-electron chi connectivity index (χ2n) is 2.29. The van der Waals surface area contributed by atoms with Crippen LogP contribution in [0.3, 0.4) is 0 Å². The molecule has 0 heterocycles. The molecule has 0 saturated heterocycles. The topological polar surface area (TPSA) is 0 Å². The molecule has 0 unspecified atom stereocenters. The first kappa shape index (κ1) is 9.95. The Morgan fingerprint density at radius 3 is 1.60 bits per heavy atom. The molecule has 56 valence electrons. The molecule has 10 heavy (non-hydrogen) atoms. The molecular formula is C9H13I. The van der Waals surface area contributed by atoms with E-state index < -0.39 is 0 Å². The standard InChI is InChI=1S/C6H4.C3H8.HI/c1-2-5-4-6(5)3-1;1-3-2;/h1-4H;3H2,1-2H3;1H. The number of fused-ring (bicyclic) bond motifs is 1. The van der Waals surface area contributed by atoms with Crippen LogP contribution in [0.4, 0.5) is 0 Å². The smallest absolute Gasteiger partial charge is 0.0178 e. The molecule has 2 rings (SSSR count). The Kier molecular flexibility index (Phi) is 4.69. The third-order valence-corrected chi connectivity index (χ3v) is 1.11. The van der Waals surface area contributed by atoms with Crippen molar-refractivity contribution < 1.29 is 0 Å². The van der Waals surface area contributed by atoms with E-state index in [4.69, 9.17) is 0 Å². The van der Waals surface area contributed by atoms with Crippen LogP contribution < -0.4 is 0 Å². The lowest BCUT2D eigenvalue weighted by atomic mass is 10.6. The molecule has 0 bridgehead atoms. The minimum atomic E-state index is 0. The van der Waals surface area contributed by atoms with E-state index in [0.717, 1.165) is 0 Å². The summed E-state index contributed by atoms with van der Waals surface area (Å²) in [5.74, 6) is 0. The Bertz CT molecular complexity index is 176. The highest BCUT2D eigenvalue weighted by Gasteiger charge is 2.06. The van der Waals surface area contributed by atoms with Crippen molar-refractivity contribution in [2.24, 2.45) is 0 Å². The van der Waals surface area contributed by atoms with E-state index in [-0.39, 0.29) is 24.0 Å². The maximum absolute atomic E-state index is 2.17. The zero-order valence-corrected chi connectivity index (χ0v) is 8.76. The second kappa shape index (κ2) is 4.72. The van der Waals surface area contributed by atoms with E-state index in [1.807, 2.05) is 0 Å². The summed E-state index contributed by atoms with van der Waals surface area (Å²) in [7, 11) is 0. The van der Waals surface area contributed by atoms with Gasteiger partial charge in [0.1, 0.15) is 0 Å². The highest BCUT2D eigenvalue weighted by Crippen LogP contribution is 2.32. The van der Waals surface area contributed by atoms with Crippen LogP contribution in [-0.4, -0.2) is 0 Å². The lowest BCUT2D eigenvalue weighted by molar-refractivity contribution is 1.09. The van der Waals surface area contributed by atoms with Crippen molar-refractivity contribution in [1.82, 2.24) is 0 Å². The van der Waals surface area contributed by atoms with Crippen molar-refractivity contribution in [3.8, 4) is 11.1 Å². The normalized spacial score (nSPS) is 8.60. The molecule has 0 fully saturated rings. The highest BCUT2D eigenvalue weighted by atomic mass is 127. The van der Waals surface area contributed by atoms with Crippen molar-refractivity contribution in [3.05, 3.63) is 24.3 Å². The van der Waals surface area contributed by atoms with Gasteiger partial charge in [-0.15, -0.1) is 24.0 Å². The molecule has 0 radical (unpaired) electrons. The van der Waals surface area contributed by atoms with Gasteiger partial charge in [-0.05, 0) is 17.2 Å². The summed E-state index contributed by atoms with van der Waals surface area (Å²) in [6.07, 6.45) is 1.25. The SMILES string of the molecule is CCC.I.c1cc2cc-2c1. The molecule has 0 nitrogen and oxygen atoms in total. The molecule has 2 aliphatic carbocycles. The fourth-order valence-electron chi connectivity index (χ4n) is 0.676. The molecule has 0 N–H and O–H groups in total. The van der Waals surface area contributed by atoms with Crippen LogP contribution in [0, 0.1) is 0 Å². The minimum Gasteiger partial charge on any atom is -0.107 e. The van der Waals surface area contributed by atoms with Crippen molar-refractivity contribution in [2.75, 3.05) is 0 Å². The monoisotopic (exact) mass is 248 g/mol. The van der Waals surface area contributed by atoms with Gasteiger partial charge >= 0.3 is 0 Å². The molecule has 0 aliphatic heterocycles. The molecule has 0 spiro atoms. The van der Waals surface area contributed by atoms with Crippen LogP contribution in [0.1, 0.15) is 20.3 Å². The van der Waals surface area contributed by atoms with Gasteiger partial charge in [0.15, 0.2) is 0 Å². The third-order valence-electron chi connectivity index (χ3n) is 1.11. The molecule has 0 amide bonds. The average Bonchev–Trinajstić information content (AvgIpc) is 2.43. The molecule has 2 aliphatic rings. The number of hydrogen-bond donors (Lipinski definition) is 0. The number of halogens is 1.